The number of furan rings is 1. The average Bonchev–Trinajstić information content (AvgIpc) is 3.17. The number of nitro benzene ring substituents is 1. The molecule has 2 amide bonds. The molecule has 0 spiro atoms. The summed E-state index contributed by atoms with van der Waals surface area (Å²) in [6.07, 6.45) is 0. The Kier molecular flexibility index (Phi) is 5.68. The average molecular weight is 397 g/mol. The lowest BCUT2D eigenvalue weighted by molar-refractivity contribution is -0.384. The number of likely N-dealkylation sites (N-methyl/N-ethyl adjacent to an activating group) is 1. The van der Waals surface area contributed by atoms with Crippen LogP contribution in [0.15, 0.2) is 65.1 Å². The molecule has 8 nitrogen and oxygen atoms in total. The van der Waals surface area contributed by atoms with Crippen molar-refractivity contribution in [3.63, 3.8) is 0 Å². The lowest BCUT2D eigenvalue weighted by Gasteiger charge is -2.15. The summed E-state index contributed by atoms with van der Waals surface area (Å²) >= 11 is 0. The molecule has 0 atom stereocenters. The molecular formula is C20H16FN3O5. The van der Waals surface area contributed by atoms with E-state index in [4.69, 9.17) is 4.42 Å². The van der Waals surface area contributed by atoms with Crippen molar-refractivity contribution in [2.45, 2.75) is 0 Å². The molecule has 0 unspecified atom stereocenters. The molecular weight excluding hydrogens is 381 g/mol. The van der Waals surface area contributed by atoms with Crippen LogP contribution in [-0.2, 0) is 4.79 Å². The first-order chi connectivity index (χ1) is 13.8. The van der Waals surface area contributed by atoms with E-state index in [0.29, 0.717) is 11.3 Å². The minimum absolute atomic E-state index is 0.0133. The van der Waals surface area contributed by atoms with Crippen LogP contribution in [0.25, 0.3) is 11.3 Å². The molecule has 148 valence electrons. The number of non-ortho nitro benzene ring substituents is 1. The Hall–Kier alpha value is -4.01. The van der Waals surface area contributed by atoms with E-state index in [9.17, 15) is 24.1 Å². The molecule has 0 radical (unpaired) electrons. The number of hydrogen-bond donors (Lipinski definition) is 1. The van der Waals surface area contributed by atoms with Crippen molar-refractivity contribution < 1.29 is 23.3 Å². The molecule has 0 saturated heterocycles. The zero-order chi connectivity index (χ0) is 21.0. The van der Waals surface area contributed by atoms with Crippen LogP contribution in [0, 0.1) is 15.9 Å². The SMILES string of the molecule is CN(CC(=O)Nc1cccc(F)c1)C(=O)c1ccc(-c2ccc([N+](=O)[O-])cc2)o1. The van der Waals surface area contributed by atoms with Gasteiger partial charge in [0.05, 0.1) is 11.5 Å². The lowest BCUT2D eigenvalue weighted by Crippen LogP contribution is -2.34. The summed E-state index contributed by atoms with van der Waals surface area (Å²) in [6.45, 7) is -0.261. The lowest BCUT2D eigenvalue weighted by atomic mass is 10.1. The van der Waals surface area contributed by atoms with Gasteiger partial charge < -0.3 is 14.6 Å². The first-order valence-electron chi connectivity index (χ1n) is 8.49. The van der Waals surface area contributed by atoms with Gasteiger partial charge in [0.2, 0.25) is 5.91 Å². The van der Waals surface area contributed by atoms with E-state index in [1.807, 2.05) is 0 Å². The zero-order valence-corrected chi connectivity index (χ0v) is 15.3. The van der Waals surface area contributed by atoms with Crippen LogP contribution >= 0.6 is 0 Å². The number of amides is 2. The molecule has 1 N–H and O–H groups in total. The third kappa shape index (κ3) is 4.83. The predicted octanol–water partition coefficient (Wildman–Crippen LogP) is 3.70. The molecule has 0 bridgehead atoms. The summed E-state index contributed by atoms with van der Waals surface area (Å²) in [6, 6.07) is 14.1. The number of anilines is 1. The number of hydrogen-bond acceptors (Lipinski definition) is 5. The molecule has 9 heteroatoms. The minimum atomic E-state index is -0.521. The Morgan fingerprint density at radius 2 is 1.86 bits per heavy atom. The number of nitrogens with one attached hydrogen (secondary N) is 1. The fourth-order valence-electron chi connectivity index (χ4n) is 2.60. The van der Waals surface area contributed by atoms with Gasteiger partial charge in [-0.2, -0.15) is 0 Å². The van der Waals surface area contributed by atoms with E-state index < -0.39 is 22.6 Å². The molecule has 0 aliphatic rings. The van der Waals surface area contributed by atoms with Crippen LogP contribution in [0.1, 0.15) is 10.6 Å². The van der Waals surface area contributed by atoms with Gasteiger partial charge in [-0.1, -0.05) is 6.07 Å². The van der Waals surface area contributed by atoms with Crippen LogP contribution in [0.4, 0.5) is 15.8 Å². The second-order valence-electron chi connectivity index (χ2n) is 6.19. The van der Waals surface area contributed by atoms with Crippen LogP contribution < -0.4 is 5.32 Å². The van der Waals surface area contributed by atoms with Gasteiger partial charge in [-0.05, 0) is 42.5 Å². The van der Waals surface area contributed by atoms with Crippen molar-refractivity contribution in [2.75, 3.05) is 18.9 Å². The Balaban J connectivity index is 1.64. The van der Waals surface area contributed by atoms with Gasteiger partial charge in [0.25, 0.3) is 11.6 Å². The number of nitro groups is 1. The number of halogens is 1. The maximum absolute atomic E-state index is 13.2. The number of nitrogens with zero attached hydrogens (tertiary/aromatic N) is 2. The highest BCUT2D eigenvalue weighted by Gasteiger charge is 2.19. The summed E-state index contributed by atoms with van der Waals surface area (Å²) < 4.78 is 18.7. The summed E-state index contributed by atoms with van der Waals surface area (Å²) in [4.78, 5) is 35.9. The quantitative estimate of drug-likeness (QED) is 0.504. The second kappa shape index (κ2) is 8.34. The second-order valence-corrected chi connectivity index (χ2v) is 6.19. The van der Waals surface area contributed by atoms with Crippen molar-refractivity contribution in [3.05, 3.63) is 82.4 Å². The van der Waals surface area contributed by atoms with Crippen LogP contribution in [0.2, 0.25) is 0 Å². The standard InChI is InChI=1S/C20H16FN3O5/c1-23(12-19(25)22-15-4-2-3-14(21)11-15)20(26)18-10-9-17(29-18)13-5-7-16(8-6-13)24(27)28/h2-11H,12H2,1H3,(H,22,25). The van der Waals surface area contributed by atoms with Gasteiger partial charge in [-0.25, -0.2) is 4.39 Å². The first-order valence-corrected chi connectivity index (χ1v) is 8.49. The molecule has 3 rings (SSSR count). The van der Waals surface area contributed by atoms with E-state index in [0.717, 1.165) is 4.90 Å². The third-order valence-electron chi connectivity index (χ3n) is 4.02. The normalized spacial score (nSPS) is 10.4. The Morgan fingerprint density at radius 1 is 1.14 bits per heavy atom. The molecule has 1 aromatic heterocycles. The first kappa shape index (κ1) is 19.7. The van der Waals surface area contributed by atoms with Crippen molar-refractivity contribution >= 4 is 23.2 Å². The highest BCUT2D eigenvalue weighted by atomic mass is 19.1. The summed E-state index contributed by atoms with van der Waals surface area (Å²) in [5.41, 5.74) is 0.802. The maximum atomic E-state index is 13.2. The van der Waals surface area contributed by atoms with E-state index in [1.165, 1.54) is 61.6 Å². The van der Waals surface area contributed by atoms with Crippen molar-refractivity contribution in [1.29, 1.82) is 0 Å². The van der Waals surface area contributed by atoms with Crippen molar-refractivity contribution in [1.82, 2.24) is 4.90 Å². The third-order valence-corrected chi connectivity index (χ3v) is 4.02. The van der Waals surface area contributed by atoms with Gasteiger partial charge in [-0.15, -0.1) is 0 Å². The Labute approximate surface area is 164 Å². The van der Waals surface area contributed by atoms with Gasteiger partial charge in [-0.3, -0.25) is 19.7 Å². The molecule has 29 heavy (non-hydrogen) atoms. The highest BCUT2D eigenvalue weighted by molar-refractivity contribution is 5.98. The van der Waals surface area contributed by atoms with Gasteiger partial charge >= 0.3 is 0 Å². The number of benzene rings is 2. The Morgan fingerprint density at radius 3 is 2.52 bits per heavy atom. The number of carbonyl (C=O) groups excluding carboxylic acids is 2. The zero-order valence-electron chi connectivity index (χ0n) is 15.3. The number of rotatable bonds is 6. The topological polar surface area (TPSA) is 106 Å². The van der Waals surface area contributed by atoms with Crippen molar-refractivity contribution in [2.24, 2.45) is 0 Å². The van der Waals surface area contributed by atoms with Crippen LogP contribution in [0.3, 0.4) is 0 Å². The summed E-state index contributed by atoms with van der Waals surface area (Å²) in [7, 11) is 1.43. The van der Waals surface area contributed by atoms with E-state index >= 15 is 0 Å². The maximum Gasteiger partial charge on any atom is 0.289 e. The monoisotopic (exact) mass is 397 g/mol. The summed E-state index contributed by atoms with van der Waals surface area (Å²) in [5.74, 6) is -1.12. The van der Waals surface area contributed by atoms with Crippen LogP contribution in [-0.4, -0.2) is 35.2 Å². The molecule has 1 heterocycles. The van der Waals surface area contributed by atoms with E-state index in [1.54, 1.807) is 6.07 Å². The fourth-order valence-corrected chi connectivity index (χ4v) is 2.60. The van der Waals surface area contributed by atoms with E-state index in [-0.39, 0.29) is 23.7 Å². The molecule has 0 aliphatic heterocycles. The molecule has 0 aliphatic carbocycles. The highest BCUT2D eigenvalue weighted by Crippen LogP contribution is 2.25. The molecule has 2 aromatic carbocycles. The smallest absolute Gasteiger partial charge is 0.289 e. The minimum Gasteiger partial charge on any atom is -0.451 e. The molecule has 0 saturated carbocycles. The van der Waals surface area contributed by atoms with Gasteiger partial charge in [0, 0.05) is 30.4 Å². The fraction of sp³-hybridized carbons (Fsp3) is 0.100. The molecule has 3 aromatic rings. The summed E-state index contributed by atoms with van der Waals surface area (Å²) in [5, 5.41) is 13.2. The van der Waals surface area contributed by atoms with Crippen LogP contribution in [0.5, 0.6) is 0 Å². The van der Waals surface area contributed by atoms with Crippen molar-refractivity contribution in [3.8, 4) is 11.3 Å². The predicted molar refractivity (Wildman–Crippen MR) is 103 cm³/mol. The molecule has 0 fully saturated rings. The van der Waals surface area contributed by atoms with E-state index in [2.05, 4.69) is 5.32 Å². The Bertz CT molecular complexity index is 1060. The van der Waals surface area contributed by atoms with Gasteiger partial charge in [0.15, 0.2) is 5.76 Å². The number of carbonyl (C=O) groups is 2. The van der Waals surface area contributed by atoms with Gasteiger partial charge in [0.1, 0.15) is 11.6 Å². The largest absolute Gasteiger partial charge is 0.451 e.